The summed E-state index contributed by atoms with van der Waals surface area (Å²) in [7, 11) is 0. The maximum Gasteiger partial charge on any atom is -1.00 e. The molecule has 0 unspecified atom stereocenters. The van der Waals surface area contributed by atoms with Crippen molar-refractivity contribution in [2.24, 2.45) is 0 Å². The molecule has 4 aliphatic rings. The topological polar surface area (TPSA) is 0 Å². The molecule has 0 aromatic carbocycles. The van der Waals surface area contributed by atoms with Crippen molar-refractivity contribution in [3.63, 3.8) is 0 Å². The second-order valence-corrected chi connectivity index (χ2v) is 24.9. The van der Waals surface area contributed by atoms with E-state index < -0.39 is 0 Å². The third kappa shape index (κ3) is 22.8. The minimum atomic E-state index is 0. The van der Waals surface area contributed by atoms with Crippen molar-refractivity contribution in [2.45, 2.75) is 135 Å². The molecule has 0 saturated carbocycles. The predicted molar refractivity (Wildman–Crippen MR) is 177 cm³/mol. The standard InChI is InChI=1S/4C8H11.2C2H6Si.2ClH.2Ti/c4*1-6-4-5-7(2)8(6)3;2*1-3-2;;;;/h4*4H2,1-3H3;2*1-2H3;2*1H;;/q4*-1;;;;;2*+2/p-2. The van der Waals surface area contributed by atoms with Crippen molar-refractivity contribution >= 4 is 12.4 Å². The quantitative estimate of drug-likeness (QED) is 0.231. The fraction of sp³-hybridized carbons (Fsp3) is 0.556. The molecule has 0 radical (unpaired) electrons. The summed E-state index contributed by atoms with van der Waals surface area (Å²) in [6.45, 7) is 34.8. The van der Waals surface area contributed by atoms with Gasteiger partial charge in [0.15, 0.2) is 0 Å². The summed E-state index contributed by atoms with van der Waals surface area (Å²) in [5, 5.41) is 0. The van der Waals surface area contributed by atoms with Crippen LogP contribution in [0.5, 0.6) is 0 Å². The number of halogens is 2. The van der Waals surface area contributed by atoms with E-state index in [1.165, 1.54) is 66.9 Å². The minimum absolute atomic E-state index is 0. The second kappa shape index (κ2) is 26.6. The van der Waals surface area contributed by atoms with Gasteiger partial charge in [0.25, 0.3) is 0 Å². The van der Waals surface area contributed by atoms with Crippen molar-refractivity contribution in [3.8, 4) is 0 Å². The summed E-state index contributed by atoms with van der Waals surface area (Å²) in [5.74, 6) is 0. The van der Waals surface area contributed by atoms with Crippen LogP contribution in [0.1, 0.15) is 109 Å². The SMILES string of the molecule is CC1=[C-]CC(C)=C1C.CC1=[C-]CC(C)=C1C.CC1=[C-]CC(C)=C1C.CC1=[C-]CC(C)=C1C.C[Si](C)=[Ti+2].C[Si](C)=[Ti+2].[Cl-].[Cl-]. The Labute approximate surface area is 299 Å². The van der Waals surface area contributed by atoms with Crippen molar-refractivity contribution in [2.75, 3.05) is 0 Å². The second-order valence-electron chi connectivity index (χ2n) is 11.5. The zero-order valence-corrected chi connectivity index (χ0v) is 36.2. The van der Waals surface area contributed by atoms with Gasteiger partial charge in [-0.2, -0.15) is 44.6 Å². The molecule has 0 amide bonds. The molecule has 4 rings (SSSR count). The summed E-state index contributed by atoms with van der Waals surface area (Å²) < 4.78 is 0. The maximum absolute atomic E-state index is 3.26. The molecule has 0 atom stereocenters. The average Bonchev–Trinajstić information content (AvgIpc) is 3.53. The monoisotopic (exact) mass is 710 g/mol. The van der Waals surface area contributed by atoms with E-state index in [1.54, 1.807) is 0 Å². The molecule has 0 aromatic heterocycles. The predicted octanol–water partition coefficient (Wildman–Crippen LogP) is 5.48. The van der Waals surface area contributed by atoms with Crippen LogP contribution >= 0.6 is 0 Å². The summed E-state index contributed by atoms with van der Waals surface area (Å²) >= 11 is 4.54. The number of allylic oxidation sites excluding steroid dienone is 16. The van der Waals surface area contributed by atoms with Gasteiger partial charge in [0.2, 0.25) is 0 Å². The van der Waals surface area contributed by atoms with E-state index in [0.717, 1.165) is 25.7 Å². The van der Waals surface area contributed by atoms with Gasteiger partial charge in [-0.1, -0.05) is 55.4 Å². The van der Waals surface area contributed by atoms with Crippen molar-refractivity contribution in [1.29, 1.82) is 0 Å². The van der Waals surface area contributed by atoms with E-state index in [0.29, 0.717) is 0 Å². The van der Waals surface area contributed by atoms with E-state index in [2.05, 4.69) is 172 Å². The minimum Gasteiger partial charge on any atom is -1.00 e. The first-order chi connectivity index (χ1) is 18.3. The van der Waals surface area contributed by atoms with Crippen LogP contribution < -0.4 is 24.8 Å². The zero-order valence-electron chi connectivity index (χ0n) is 29.6. The van der Waals surface area contributed by atoms with Crippen molar-refractivity contribution < 1.29 is 63.2 Å². The average molecular weight is 712 g/mol. The van der Waals surface area contributed by atoms with Crippen LogP contribution in [-0.4, -0.2) is 12.4 Å². The van der Waals surface area contributed by atoms with Crippen LogP contribution in [0.25, 0.3) is 0 Å². The Balaban J connectivity index is -0.000000209. The van der Waals surface area contributed by atoms with E-state index in [4.69, 9.17) is 0 Å². The molecular weight excluding hydrogens is 655 g/mol. The van der Waals surface area contributed by atoms with Crippen LogP contribution in [-0.2, 0) is 38.3 Å². The summed E-state index contributed by atoms with van der Waals surface area (Å²) in [5.41, 5.74) is 17.0. The first kappa shape index (κ1) is 49.2. The Bertz CT molecular complexity index is 969. The van der Waals surface area contributed by atoms with Crippen LogP contribution in [0.15, 0.2) is 66.9 Å². The van der Waals surface area contributed by atoms with Gasteiger partial charge in [-0.3, -0.25) is 24.3 Å². The van der Waals surface area contributed by atoms with E-state index in [9.17, 15) is 0 Å². The molecule has 0 N–H and O–H groups in total. The first-order valence-corrected chi connectivity index (χ1v) is 24.0. The van der Waals surface area contributed by atoms with E-state index in [1.807, 2.05) is 0 Å². The molecule has 42 heavy (non-hydrogen) atoms. The number of hydrogen-bond acceptors (Lipinski definition) is 0. The maximum atomic E-state index is 3.26. The zero-order chi connectivity index (χ0) is 31.7. The Morgan fingerprint density at radius 2 is 0.500 bits per heavy atom. The Morgan fingerprint density at radius 1 is 0.381 bits per heavy atom. The molecule has 4 aliphatic carbocycles. The van der Waals surface area contributed by atoms with Crippen LogP contribution in [0, 0.1) is 24.3 Å². The normalized spacial score (nSPS) is 16.3. The van der Waals surface area contributed by atoms with Crippen molar-refractivity contribution in [1.82, 2.24) is 0 Å². The Morgan fingerprint density at radius 3 is 0.524 bits per heavy atom. The van der Waals surface area contributed by atoms with Gasteiger partial charge in [-0.05, 0) is 0 Å². The molecule has 0 saturated heterocycles. The first-order valence-electron chi connectivity index (χ1n) is 14.3. The Hall–Kier alpha value is 0.362. The summed E-state index contributed by atoms with van der Waals surface area (Å²) in [6.07, 6.45) is 17.5. The fourth-order valence-electron chi connectivity index (χ4n) is 3.40. The van der Waals surface area contributed by atoms with Gasteiger partial charge in [0.1, 0.15) is 0 Å². The molecular formula is C36H56Cl2Si2Ti2-2. The molecule has 0 heterocycles. The van der Waals surface area contributed by atoms with Gasteiger partial charge in [0.05, 0.1) is 0 Å². The van der Waals surface area contributed by atoms with Gasteiger partial charge >= 0.3 is 76.9 Å². The van der Waals surface area contributed by atoms with Crippen LogP contribution in [0.2, 0.25) is 26.2 Å². The molecule has 232 valence electrons. The third-order valence-electron chi connectivity index (χ3n) is 7.29. The molecule has 6 heteroatoms. The molecule has 0 aliphatic heterocycles. The molecule has 0 fully saturated rings. The molecule has 0 bridgehead atoms. The van der Waals surface area contributed by atoms with Crippen LogP contribution in [0.3, 0.4) is 0 Å². The summed E-state index contributed by atoms with van der Waals surface area (Å²) in [4.78, 5) is 0. The molecule has 0 nitrogen and oxygen atoms in total. The molecule has 0 spiro atoms. The fourth-order valence-corrected chi connectivity index (χ4v) is 3.40. The largest absolute Gasteiger partial charge is 1.00 e. The van der Waals surface area contributed by atoms with Gasteiger partial charge in [-0.25, -0.2) is 22.3 Å². The number of hydrogen-bond donors (Lipinski definition) is 0. The van der Waals surface area contributed by atoms with E-state index in [-0.39, 0.29) is 37.2 Å². The number of rotatable bonds is 0. The van der Waals surface area contributed by atoms with Gasteiger partial charge in [-0.15, -0.1) is 53.4 Å². The summed E-state index contributed by atoms with van der Waals surface area (Å²) in [6, 6.07) is 0. The van der Waals surface area contributed by atoms with Gasteiger partial charge in [0, 0.05) is 0 Å². The smallest absolute Gasteiger partial charge is 1.00 e. The Kier molecular flexibility index (Phi) is 31.2. The van der Waals surface area contributed by atoms with Crippen LogP contribution in [0.4, 0.5) is 0 Å². The van der Waals surface area contributed by atoms with E-state index >= 15 is 0 Å². The third-order valence-corrected chi connectivity index (χ3v) is 7.29. The van der Waals surface area contributed by atoms with Crippen molar-refractivity contribution in [3.05, 3.63) is 91.2 Å². The molecule has 0 aromatic rings. The van der Waals surface area contributed by atoms with Gasteiger partial charge < -0.3 is 24.8 Å².